The summed E-state index contributed by atoms with van der Waals surface area (Å²) < 4.78 is 2.08. The molecule has 1 aromatic heterocycles. The molecular weight excluding hydrogens is 282 g/mol. The average Bonchev–Trinajstić information content (AvgIpc) is 2.80. The van der Waals surface area contributed by atoms with Crippen molar-refractivity contribution in [2.75, 3.05) is 6.54 Å². The van der Waals surface area contributed by atoms with E-state index in [1.165, 1.54) is 18.5 Å². The molecule has 0 aliphatic carbocycles. The highest BCUT2D eigenvalue weighted by molar-refractivity contribution is 6.31. The predicted molar refractivity (Wildman–Crippen MR) is 92.1 cm³/mol. The lowest BCUT2D eigenvalue weighted by Crippen LogP contribution is -2.34. The van der Waals surface area contributed by atoms with Gasteiger partial charge in [-0.3, -0.25) is 4.68 Å². The van der Waals surface area contributed by atoms with Crippen LogP contribution in [0.2, 0.25) is 5.02 Å². The standard InChI is InChI=1S/C17H32ClN3/c1-6-10-19-14(11-13(5)7-2)12-16-17(18)15(8-3)20-21(16)9-4/h13-14,19H,6-12H2,1-5H3. The van der Waals surface area contributed by atoms with E-state index in [2.05, 4.69) is 49.7 Å². The van der Waals surface area contributed by atoms with Crippen LogP contribution in [0.4, 0.5) is 0 Å². The van der Waals surface area contributed by atoms with Crippen molar-refractivity contribution in [1.82, 2.24) is 15.1 Å². The summed E-state index contributed by atoms with van der Waals surface area (Å²) >= 11 is 6.55. The van der Waals surface area contributed by atoms with E-state index in [4.69, 9.17) is 11.6 Å². The Morgan fingerprint density at radius 2 is 1.95 bits per heavy atom. The molecule has 1 aromatic rings. The van der Waals surface area contributed by atoms with Crippen molar-refractivity contribution in [1.29, 1.82) is 0 Å². The minimum absolute atomic E-state index is 0.490. The zero-order chi connectivity index (χ0) is 15.8. The molecule has 0 aromatic carbocycles. The summed E-state index contributed by atoms with van der Waals surface area (Å²) in [5, 5.41) is 9.21. The number of rotatable bonds is 10. The van der Waals surface area contributed by atoms with Crippen LogP contribution in [0, 0.1) is 5.92 Å². The number of aromatic nitrogens is 2. The predicted octanol–water partition coefficient (Wildman–Crippen LogP) is 4.47. The summed E-state index contributed by atoms with van der Waals surface area (Å²) in [6, 6.07) is 0.490. The van der Waals surface area contributed by atoms with Crippen LogP contribution in [-0.4, -0.2) is 22.4 Å². The van der Waals surface area contributed by atoms with Gasteiger partial charge in [0.05, 0.1) is 16.4 Å². The van der Waals surface area contributed by atoms with Crippen LogP contribution in [0.1, 0.15) is 65.3 Å². The molecule has 0 aliphatic heterocycles. The largest absolute Gasteiger partial charge is 0.314 e. The zero-order valence-electron chi connectivity index (χ0n) is 14.4. The fourth-order valence-corrected chi connectivity index (χ4v) is 3.03. The van der Waals surface area contributed by atoms with Crippen LogP contribution >= 0.6 is 11.6 Å². The minimum atomic E-state index is 0.490. The third kappa shape index (κ3) is 5.30. The number of aryl methyl sites for hydroxylation is 2. The molecule has 0 aliphatic rings. The average molecular weight is 314 g/mol. The van der Waals surface area contributed by atoms with Gasteiger partial charge in [0.1, 0.15) is 0 Å². The third-order valence-corrected chi connectivity index (χ3v) is 4.64. The first kappa shape index (κ1) is 18.5. The van der Waals surface area contributed by atoms with E-state index in [1.807, 2.05) is 0 Å². The molecule has 2 unspecified atom stereocenters. The van der Waals surface area contributed by atoms with E-state index in [-0.39, 0.29) is 0 Å². The molecule has 0 spiro atoms. The van der Waals surface area contributed by atoms with Gasteiger partial charge in [-0.15, -0.1) is 0 Å². The van der Waals surface area contributed by atoms with Crippen molar-refractivity contribution < 1.29 is 0 Å². The van der Waals surface area contributed by atoms with Gasteiger partial charge in [-0.05, 0) is 38.6 Å². The monoisotopic (exact) mass is 313 g/mol. The second kappa shape index (κ2) is 9.47. The fraction of sp³-hybridized carbons (Fsp3) is 0.824. The molecule has 1 heterocycles. The van der Waals surface area contributed by atoms with Crippen LogP contribution in [0.25, 0.3) is 0 Å². The Balaban J connectivity index is 2.88. The van der Waals surface area contributed by atoms with Crippen LogP contribution in [-0.2, 0) is 19.4 Å². The molecular formula is C17H32ClN3. The first-order chi connectivity index (χ1) is 10.1. The summed E-state index contributed by atoms with van der Waals surface area (Å²) in [4.78, 5) is 0. The van der Waals surface area contributed by atoms with E-state index >= 15 is 0 Å². The summed E-state index contributed by atoms with van der Waals surface area (Å²) in [6.07, 6.45) is 5.47. The van der Waals surface area contributed by atoms with Gasteiger partial charge in [-0.2, -0.15) is 5.10 Å². The van der Waals surface area contributed by atoms with Crippen LogP contribution in [0.3, 0.4) is 0 Å². The summed E-state index contributed by atoms with van der Waals surface area (Å²) in [7, 11) is 0. The molecule has 4 heteroatoms. The van der Waals surface area contributed by atoms with Gasteiger partial charge < -0.3 is 5.32 Å². The van der Waals surface area contributed by atoms with E-state index < -0.39 is 0 Å². The molecule has 122 valence electrons. The van der Waals surface area contributed by atoms with E-state index in [9.17, 15) is 0 Å². The lowest BCUT2D eigenvalue weighted by atomic mass is 9.96. The topological polar surface area (TPSA) is 29.9 Å². The van der Waals surface area contributed by atoms with Gasteiger partial charge in [0, 0.05) is 19.0 Å². The second-order valence-corrected chi connectivity index (χ2v) is 6.36. The van der Waals surface area contributed by atoms with Crippen molar-refractivity contribution in [3.05, 3.63) is 16.4 Å². The van der Waals surface area contributed by atoms with Crippen LogP contribution < -0.4 is 5.32 Å². The lowest BCUT2D eigenvalue weighted by Gasteiger charge is -2.22. The summed E-state index contributed by atoms with van der Waals surface area (Å²) in [6.45, 7) is 13.0. The van der Waals surface area contributed by atoms with E-state index in [0.717, 1.165) is 49.0 Å². The van der Waals surface area contributed by atoms with Crippen molar-refractivity contribution in [2.45, 2.75) is 79.3 Å². The van der Waals surface area contributed by atoms with Gasteiger partial charge in [-0.1, -0.05) is 45.7 Å². The van der Waals surface area contributed by atoms with E-state index in [1.54, 1.807) is 0 Å². The Bertz CT molecular complexity index is 414. The molecule has 0 saturated heterocycles. The molecule has 0 amide bonds. The molecule has 1 rings (SSSR count). The van der Waals surface area contributed by atoms with Gasteiger partial charge in [0.2, 0.25) is 0 Å². The first-order valence-corrected chi connectivity index (χ1v) is 8.92. The lowest BCUT2D eigenvalue weighted by molar-refractivity contribution is 0.384. The molecule has 1 N–H and O–H groups in total. The maximum atomic E-state index is 6.55. The van der Waals surface area contributed by atoms with Gasteiger partial charge >= 0.3 is 0 Å². The SMILES string of the molecule is CCCNC(Cc1c(Cl)c(CC)nn1CC)CC(C)CC. The molecule has 2 atom stereocenters. The van der Waals surface area contributed by atoms with Crippen LogP contribution in [0.15, 0.2) is 0 Å². The molecule has 21 heavy (non-hydrogen) atoms. The van der Waals surface area contributed by atoms with Gasteiger partial charge in [-0.25, -0.2) is 0 Å². The molecule has 0 saturated carbocycles. The Morgan fingerprint density at radius 1 is 1.24 bits per heavy atom. The minimum Gasteiger partial charge on any atom is -0.314 e. The summed E-state index contributed by atoms with van der Waals surface area (Å²) in [5.41, 5.74) is 2.24. The summed E-state index contributed by atoms with van der Waals surface area (Å²) in [5.74, 6) is 0.738. The van der Waals surface area contributed by atoms with Gasteiger partial charge in [0.15, 0.2) is 0 Å². The Labute approximate surface area is 135 Å². The normalized spacial score (nSPS) is 14.4. The third-order valence-electron chi connectivity index (χ3n) is 4.20. The fourth-order valence-electron chi connectivity index (χ4n) is 2.69. The Hall–Kier alpha value is -0.540. The molecule has 3 nitrogen and oxygen atoms in total. The molecule has 0 fully saturated rings. The molecule has 0 radical (unpaired) electrons. The number of nitrogens with zero attached hydrogens (tertiary/aromatic N) is 2. The van der Waals surface area contributed by atoms with Crippen LogP contribution in [0.5, 0.6) is 0 Å². The van der Waals surface area contributed by atoms with Crippen molar-refractivity contribution in [2.24, 2.45) is 5.92 Å². The highest BCUT2D eigenvalue weighted by atomic mass is 35.5. The van der Waals surface area contributed by atoms with E-state index in [0.29, 0.717) is 6.04 Å². The highest BCUT2D eigenvalue weighted by Crippen LogP contribution is 2.24. The van der Waals surface area contributed by atoms with Crippen molar-refractivity contribution in [3.8, 4) is 0 Å². The van der Waals surface area contributed by atoms with Crippen molar-refractivity contribution in [3.63, 3.8) is 0 Å². The maximum absolute atomic E-state index is 6.55. The Morgan fingerprint density at radius 3 is 2.48 bits per heavy atom. The maximum Gasteiger partial charge on any atom is 0.0850 e. The first-order valence-electron chi connectivity index (χ1n) is 8.54. The Kier molecular flexibility index (Phi) is 8.35. The quantitative estimate of drug-likeness (QED) is 0.691. The van der Waals surface area contributed by atoms with Gasteiger partial charge in [0.25, 0.3) is 0 Å². The zero-order valence-corrected chi connectivity index (χ0v) is 15.1. The number of nitrogens with one attached hydrogen (secondary N) is 1. The van der Waals surface area contributed by atoms with Crippen molar-refractivity contribution >= 4 is 11.6 Å². The smallest absolute Gasteiger partial charge is 0.0850 e. The second-order valence-electron chi connectivity index (χ2n) is 5.98. The highest BCUT2D eigenvalue weighted by Gasteiger charge is 2.19. The molecule has 0 bridgehead atoms. The number of halogens is 1. The number of hydrogen-bond donors (Lipinski definition) is 1. The number of hydrogen-bond acceptors (Lipinski definition) is 2.